The highest BCUT2D eigenvalue weighted by molar-refractivity contribution is 7.20. The summed E-state index contributed by atoms with van der Waals surface area (Å²) in [5.74, 6) is -0.219. The molecule has 0 bridgehead atoms. The predicted molar refractivity (Wildman–Crippen MR) is 132 cm³/mol. The molecule has 0 fully saturated rings. The van der Waals surface area contributed by atoms with E-state index < -0.39 is 0 Å². The third-order valence-electron chi connectivity index (χ3n) is 5.69. The Bertz CT molecular complexity index is 1360. The summed E-state index contributed by atoms with van der Waals surface area (Å²) in [7, 11) is 0. The van der Waals surface area contributed by atoms with Gasteiger partial charge in [-0.05, 0) is 47.6 Å². The molecule has 1 amide bonds. The van der Waals surface area contributed by atoms with Crippen molar-refractivity contribution < 1.29 is 4.79 Å². The zero-order valence-corrected chi connectivity index (χ0v) is 19.8. The summed E-state index contributed by atoms with van der Waals surface area (Å²) < 4.78 is 1.61. The third-order valence-corrected chi connectivity index (χ3v) is 6.89. The lowest BCUT2D eigenvalue weighted by molar-refractivity contribution is 0.103. The molecule has 6 heteroatoms. The molecule has 4 rings (SSSR count). The molecule has 2 aromatic carbocycles. The van der Waals surface area contributed by atoms with Gasteiger partial charge in [-0.3, -0.25) is 14.2 Å². The van der Waals surface area contributed by atoms with E-state index in [0.717, 1.165) is 16.8 Å². The third kappa shape index (κ3) is 4.23. The summed E-state index contributed by atoms with van der Waals surface area (Å²) in [4.78, 5) is 31.7. The van der Waals surface area contributed by atoms with Crippen molar-refractivity contribution >= 4 is 33.1 Å². The van der Waals surface area contributed by atoms with Crippen molar-refractivity contribution in [1.29, 1.82) is 0 Å². The molecule has 2 heterocycles. The van der Waals surface area contributed by atoms with Crippen LogP contribution in [0.2, 0.25) is 0 Å². The van der Waals surface area contributed by atoms with Gasteiger partial charge >= 0.3 is 0 Å². The summed E-state index contributed by atoms with van der Waals surface area (Å²) in [5, 5.41) is 3.47. The number of hydrogen-bond acceptors (Lipinski definition) is 4. The Kier molecular flexibility index (Phi) is 5.73. The minimum absolute atomic E-state index is 0.0822. The second-order valence-corrected chi connectivity index (χ2v) is 10.1. The minimum atomic E-state index is -0.219. The zero-order valence-electron chi connectivity index (χ0n) is 19.0. The van der Waals surface area contributed by atoms with Crippen LogP contribution in [0.1, 0.15) is 52.7 Å². The van der Waals surface area contributed by atoms with E-state index in [1.807, 2.05) is 38.1 Å². The number of anilines is 1. The number of carbonyl (C=O) groups is 1. The Morgan fingerprint density at radius 2 is 1.75 bits per heavy atom. The molecule has 5 nitrogen and oxygen atoms in total. The second kappa shape index (κ2) is 8.36. The van der Waals surface area contributed by atoms with E-state index in [0.29, 0.717) is 27.2 Å². The number of nitrogens with zero attached hydrogens (tertiary/aromatic N) is 2. The maximum atomic E-state index is 13.2. The number of aryl methyl sites for hydroxylation is 2. The van der Waals surface area contributed by atoms with Crippen molar-refractivity contribution in [2.75, 3.05) is 5.32 Å². The Balaban J connectivity index is 1.64. The lowest BCUT2D eigenvalue weighted by Gasteiger charge is -2.19. The van der Waals surface area contributed by atoms with E-state index in [2.05, 4.69) is 55.3 Å². The van der Waals surface area contributed by atoms with Gasteiger partial charge in [0.15, 0.2) is 0 Å². The van der Waals surface area contributed by atoms with Gasteiger partial charge in [0.05, 0.1) is 23.1 Å². The van der Waals surface area contributed by atoms with Crippen LogP contribution < -0.4 is 10.9 Å². The molecule has 0 unspecified atom stereocenters. The lowest BCUT2D eigenvalue weighted by Crippen LogP contribution is -2.21. The predicted octanol–water partition coefficient (Wildman–Crippen LogP) is 5.67. The molecule has 1 N–H and O–H groups in total. The summed E-state index contributed by atoms with van der Waals surface area (Å²) in [6.07, 6.45) is 1.57. The normalized spacial score (nSPS) is 11.7. The molecule has 4 aromatic rings. The Morgan fingerprint density at radius 3 is 2.41 bits per heavy atom. The van der Waals surface area contributed by atoms with Gasteiger partial charge in [-0.25, -0.2) is 4.98 Å². The monoisotopic (exact) mass is 445 g/mol. The van der Waals surface area contributed by atoms with Gasteiger partial charge in [0.25, 0.3) is 11.5 Å². The highest BCUT2D eigenvalue weighted by Crippen LogP contribution is 2.28. The van der Waals surface area contributed by atoms with E-state index >= 15 is 0 Å². The van der Waals surface area contributed by atoms with Crippen molar-refractivity contribution in [3.8, 4) is 0 Å². The van der Waals surface area contributed by atoms with Crippen LogP contribution in [0.5, 0.6) is 0 Å². The first-order valence-corrected chi connectivity index (χ1v) is 11.4. The molecule has 0 saturated heterocycles. The van der Waals surface area contributed by atoms with Gasteiger partial charge in [-0.2, -0.15) is 0 Å². The van der Waals surface area contributed by atoms with Crippen LogP contribution in [0.3, 0.4) is 0 Å². The van der Waals surface area contributed by atoms with Gasteiger partial charge in [0.2, 0.25) is 0 Å². The SMILES string of the molecule is Cc1ccccc1NC(=O)c1sc2ncn(Cc3ccc(C(C)(C)C)cc3)c(=O)c2c1C. The topological polar surface area (TPSA) is 64.0 Å². The number of thiophene rings is 1. The van der Waals surface area contributed by atoms with E-state index in [1.165, 1.54) is 16.9 Å². The van der Waals surface area contributed by atoms with Crippen LogP contribution in [-0.4, -0.2) is 15.5 Å². The molecule has 0 aliphatic rings. The minimum Gasteiger partial charge on any atom is -0.321 e. The number of rotatable bonds is 4. The average Bonchev–Trinajstić information content (AvgIpc) is 3.09. The average molecular weight is 446 g/mol. The molecule has 0 atom stereocenters. The van der Waals surface area contributed by atoms with Crippen molar-refractivity contribution in [1.82, 2.24) is 9.55 Å². The van der Waals surface area contributed by atoms with Crippen LogP contribution in [0.15, 0.2) is 59.7 Å². The fraction of sp³-hybridized carbons (Fsp3) is 0.269. The fourth-order valence-corrected chi connectivity index (χ4v) is 4.72. The quantitative estimate of drug-likeness (QED) is 0.440. The van der Waals surface area contributed by atoms with Crippen LogP contribution in [-0.2, 0) is 12.0 Å². The zero-order chi connectivity index (χ0) is 23.0. The molecule has 0 aliphatic heterocycles. The van der Waals surface area contributed by atoms with Gasteiger partial charge in [-0.1, -0.05) is 63.2 Å². The first-order chi connectivity index (χ1) is 15.1. The first-order valence-electron chi connectivity index (χ1n) is 10.6. The number of nitrogens with one attached hydrogen (secondary N) is 1. The van der Waals surface area contributed by atoms with E-state index in [9.17, 15) is 9.59 Å². The molecule has 164 valence electrons. The summed E-state index contributed by atoms with van der Waals surface area (Å²) in [5.41, 5.74) is 4.66. The second-order valence-electron chi connectivity index (χ2n) is 9.13. The standard InChI is InChI=1S/C26H27N3O2S/c1-16-8-6-7-9-20(16)28-23(30)22-17(2)21-24(32-22)27-15-29(25(21)31)14-18-10-12-19(13-11-18)26(3,4)5/h6-13,15H,14H2,1-5H3,(H,28,30). The summed E-state index contributed by atoms with van der Waals surface area (Å²) in [6.45, 7) is 10.7. The van der Waals surface area contributed by atoms with E-state index in [4.69, 9.17) is 0 Å². The number of aromatic nitrogens is 2. The largest absolute Gasteiger partial charge is 0.321 e. The van der Waals surface area contributed by atoms with Gasteiger partial charge in [-0.15, -0.1) is 11.3 Å². The van der Waals surface area contributed by atoms with Gasteiger partial charge in [0.1, 0.15) is 4.83 Å². The van der Waals surface area contributed by atoms with Crippen molar-refractivity contribution in [2.24, 2.45) is 0 Å². The Hall–Kier alpha value is -3.25. The Labute approximate surface area is 191 Å². The fourth-order valence-electron chi connectivity index (χ4n) is 3.69. The van der Waals surface area contributed by atoms with Crippen molar-refractivity contribution in [3.63, 3.8) is 0 Å². The number of fused-ring (bicyclic) bond motifs is 1. The number of amides is 1. The number of carbonyl (C=O) groups excluding carboxylic acids is 1. The molecular formula is C26H27N3O2S. The number of benzene rings is 2. The van der Waals surface area contributed by atoms with Crippen molar-refractivity contribution in [3.05, 3.63) is 92.3 Å². The molecule has 0 radical (unpaired) electrons. The maximum Gasteiger partial charge on any atom is 0.266 e. The molecule has 32 heavy (non-hydrogen) atoms. The van der Waals surface area contributed by atoms with Crippen LogP contribution in [0.25, 0.3) is 10.2 Å². The molecule has 0 saturated carbocycles. The van der Waals surface area contributed by atoms with Crippen LogP contribution in [0, 0.1) is 13.8 Å². The van der Waals surface area contributed by atoms with Crippen molar-refractivity contribution in [2.45, 2.75) is 46.6 Å². The molecule has 0 aliphatic carbocycles. The maximum absolute atomic E-state index is 13.2. The molecule has 0 spiro atoms. The van der Waals surface area contributed by atoms with Gasteiger partial charge < -0.3 is 5.32 Å². The first kappa shape index (κ1) is 22.0. The summed E-state index contributed by atoms with van der Waals surface area (Å²) in [6, 6.07) is 15.9. The highest BCUT2D eigenvalue weighted by atomic mass is 32.1. The highest BCUT2D eigenvalue weighted by Gasteiger charge is 2.20. The molecular weight excluding hydrogens is 418 g/mol. The van der Waals surface area contributed by atoms with E-state index in [-0.39, 0.29) is 16.9 Å². The van der Waals surface area contributed by atoms with Crippen LogP contribution in [0.4, 0.5) is 5.69 Å². The Morgan fingerprint density at radius 1 is 1.06 bits per heavy atom. The van der Waals surface area contributed by atoms with E-state index in [1.54, 1.807) is 10.9 Å². The number of hydrogen-bond donors (Lipinski definition) is 1. The smallest absolute Gasteiger partial charge is 0.266 e. The number of para-hydroxylation sites is 1. The molecule has 2 aromatic heterocycles. The lowest BCUT2D eigenvalue weighted by atomic mass is 9.87. The summed E-state index contributed by atoms with van der Waals surface area (Å²) >= 11 is 1.25. The van der Waals surface area contributed by atoms with Gasteiger partial charge in [0, 0.05) is 5.69 Å². The van der Waals surface area contributed by atoms with Crippen LogP contribution >= 0.6 is 11.3 Å².